The van der Waals surface area contributed by atoms with E-state index in [1.54, 1.807) is 24.2 Å². The van der Waals surface area contributed by atoms with Gasteiger partial charge < -0.3 is 16.0 Å². The molecule has 1 atom stereocenters. The van der Waals surface area contributed by atoms with Gasteiger partial charge in [0.1, 0.15) is 0 Å². The van der Waals surface area contributed by atoms with Crippen LogP contribution in [0, 0.1) is 0 Å². The van der Waals surface area contributed by atoms with Crippen molar-refractivity contribution < 1.29 is 9.59 Å². The Morgan fingerprint density at radius 3 is 3.06 bits per heavy atom. The molecule has 2 heterocycles. The lowest BCUT2D eigenvalue weighted by Crippen LogP contribution is -2.48. The molecule has 6 nitrogen and oxygen atoms in total. The Labute approximate surface area is 105 Å². The number of carbonyl (C=O) groups is 2. The first-order chi connectivity index (χ1) is 8.58. The number of nitrogens with zero attached hydrogens (tertiary/aromatic N) is 2. The molecule has 3 N–H and O–H groups in total. The highest BCUT2D eigenvalue weighted by molar-refractivity contribution is 5.99. The molecule has 0 radical (unpaired) electrons. The lowest BCUT2D eigenvalue weighted by atomic mass is 10.1. The van der Waals surface area contributed by atoms with Crippen LogP contribution in [0.5, 0.6) is 0 Å². The number of piperidine rings is 1. The summed E-state index contributed by atoms with van der Waals surface area (Å²) in [6.45, 7) is 0.532. The molecule has 1 fully saturated rings. The van der Waals surface area contributed by atoms with E-state index in [-0.39, 0.29) is 17.9 Å². The van der Waals surface area contributed by atoms with Crippen LogP contribution in [0.25, 0.3) is 0 Å². The summed E-state index contributed by atoms with van der Waals surface area (Å²) in [6, 6.07) is 1.56. The Balaban J connectivity index is 2.00. The van der Waals surface area contributed by atoms with Crippen molar-refractivity contribution in [3.63, 3.8) is 0 Å². The number of nitrogens with one attached hydrogen (secondary N) is 1. The van der Waals surface area contributed by atoms with Crippen molar-refractivity contribution in [3.05, 3.63) is 24.0 Å². The summed E-state index contributed by atoms with van der Waals surface area (Å²) in [5.74, 6) is -0.130. The highest BCUT2D eigenvalue weighted by atomic mass is 16.2. The molecular formula is C12H16N4O2. The zero-order valence-electron chi connectivity index (χ0n) is 10.2. The zero-order chi connectivity index (χ0) is 13.1. The van der Waals surface area contributed by atoms with Crippen LogP contribution in [0.4, 0.5) is 5.69 Å². The number of likely N-dealkylation sites (tertiary alicyclic amines) is 1. The first-order valence-electron chi connectivity index (χ1n) is 5.82. The average molecular weight is 248 g/mol. The maximum absolute atomic E-state index is 12.0. The van der Waals surface area contributed by atoms with E-state index in [2.05, 4.69) is 10.3 Å². The van der Waals surface area contributed by atoms with Gasteiger partial charge in [0, 0.05) is 44.1 Å². The number of aromatic nitrogens is 1. The van der Waals surface area contributed by atoms with Crippen LogP contribution < -0.4 is 11.1 Å². The molecule has 0 bridgehead atoms. The van der Waals surface area contributed by atoms with Crippen molar-refractivity contribution in [1.29, 1.82) is 0 Å². The van der Waals surface area contributed by atoms with Crippen molar-refractivity contribution in [2.75, 3.05) is 19.3 Å². The molecule has 6 heteroatoms. The summed E-state index contributed by atoms with van der Waals surface area (Å²) in [7, 11) is 1.74. The van der Waals surface area contributed by atoms with E-state index < -0.39 is 0 Å². The largest absolute Gasteiger partial charge is 0.398 e. The molecule has 0 saturated carbocycles. The van der Waals surface area contributed by atoms with Crippen molar-refractivity contribution in [1.82, 2.24) is 15.2 Å². The number of hydrogen-bond donors (Lipinski definition) is 2. The van der Waals surface area contributed by atoms with Crippen LogP contribution in [0.15, 0.2) is 18.5 Å². The maximum atomic E-state index is 12.0. The number of amides is 2. The van der Waals surface area contributed by atoms with Crippen LogP contribution in [0.1, 0.15) is 23.2 Å². The minimum Gasteiger partial charge on any atom is -0.398 e. The SMILES string of the molecule is CN1CC(NC(=O)c2cnccc2N)CCC1=O. The van der Waals surface area contributed by atoms with Crippen LogP contribution in [0.2, 0.25) is 0 Å². The van der Waals surface area contributed by atoms with Crippen molar-refractivity contribution in [2.24, 2.45) is 0 Å². The van der Waals surface area contributed by atoms with Gasteiger partial charge in [-0.2, -0.15) is 0 Å². The molecule has 1 unspecified atom stereocenters. The Hall–Kier alpha value is -2.11. The topological polar surface area (TPSA) is 88.3 Å². The zero-order valence-corrected chi connectivity index (χ0v) is 10.2. The summed E-state index contributed by atoms with van der Waals surface area (Å²) < 4.78 is 0. The number of hydrogen-bond acceptors (Lipinski definition) is 4. The van der Waals surface area contributed by atoms with Crippen LogP contribution in [0.3, 0.4) is 0 Å². The molecule has 2 rings (SSSR count). The van der Waals surface area contributed by atoms with E-state index in [4.69, 9.17) is 5.73 Å². The third-order valence-corrected chi connectivity index (χ3v) is 3.06. The van der Waals surface area contributed by atoms with Gasteiger partial charge in [0.25, 0.3) is 5.91 Å². The second-order valence-corrected chi connectivity index (χ2v) is 4.45. The number of likely N-dealkylation sites (N-methyl/N-ethyl adjacent to an activating group) is 1. The van der Waals surface area contributed by atoms with E-state index in [1.807, 2.05) is 0 Å². The molecule has 1 aromatic rings. The van der Waals surface area contributed by atoms with Gasteiger partial charge in [-0.3, -0.25) is 14.6 Å². The monoisotopic (exact) mass is 248 g/mol. The summed E-state index contributed by atoms with van der Waals surface area (Å²) in [5.41, 5.74) is 6.49. The number of rotatable bonds is 2. The van der Waals surface area contributed by atoms with Gasteiger partial charge in [0.05, 0.1) is 5.56 Å². The van der Waals surface area contributed by atoms with Crippen LogP contribution in [-0.4, -0.2) is 41.3 Å². The fourth-order valence-corrected chi connectivity index (χ4v) is 1.99. The number of anilines is 1. The molecule has 1 aliphatic heterocycles. The normalized spacial score (nSPS) is 19.7. The van der Waals surface area contributed by atoms with Gasteiger partial charge >= 0.3 is 0 Å². The highest BCUT2D eigenvalue weighted by Gasteiger charge is 2.24. The molecular weight excluding hydrogens is 232 g/mol. The lowest BCUT2D eigenvalue weighted by Gasteiger charge is -2.30. The third-order valence-electron chi connectivity index (χ3n) is 3.06. The van der Waals surface area contributed by atoms with Gasteiger partial charge in [-0.25, -0.2) is 0 Å². The number of pyridine rings is 1. The number of nitrogens with two attached hydrogens (primary N) is 1. The van der Waals surface area contributed by atoms with E-state index in [0.29, 0.717) is 30.6 Å². The minimum atomic E-state index is -0.242. The molecule has 0 spiro atoms. The Morgan fingerprint density at radius 2 is 2.39 bits per heavy atom. The van der Waals surface area contributed by atoms with Crippen LogP contribution >= 0.6 is 0 Å². The van der Waals surface area contributed by atoms with Gasteiger partial charge in [-0.05, 0) is 12.5 Å². The van der Waals surface area contributed by atoms with E-state index in [0.717, 1.165) is 0 Å². The summed E-state index contributed by atoms with van der Waals surface area (Å²) >= 11 is 0. The molecule has 0 aliphatic carbocycles. The van der Waals surface area contributed by atoms with Crippen molar-refractivity contribution >= 4 is 17.5 Å². The molecule has 96 valence electrons. The molecule has 1 aliphatic rings. The molecule has 1 aromatic heterocycles. The van der Waals surface area contributed by atoms with Crippen molar-refractivity contribution in [3.8, 4) is 0 Å². The first kappa shape index (κ1) is 12.3. The second kappa shape index (κ2) is 5.03. The summed E-state index contributed by atoms with van der Waals surface area (Å²) in [4.78, 5) is 28.8. The quantitative estimate of drug-likeness (QED) is 0.772. The predicted molar refractivity (Wildman–Crippen MR) is 66.8 cm³/mol. The van der Waals surface area contributed by atoms with Gasteiger partial charge in [-0.1, -0.05) is 0 Å². The number of nitrogen functional groups attached to an aromatic ring is 1. The fourth-order valence-electron chi connectivity index (χ4n) is 1.99. The third kappa shape index (κ3) is 2.58. The van der Waals surface area contributed by atoms with E-state index in [1.165, 1.54) is 6.20 Å². The fraction of sp³-hybridized carbons (Fsp3) is 0.417. The molecule has 18 heavy (non-hydrogen) atoms. The Bertz CT molecular complexity index is 475. The van der Waals surface area contributed by atoms with Gasteiger partial charge in [0.2, 0.25) is 5.91 Å². The van der Waals surface area contributed by atoms with E-state index >= 15 is 0 Å². The average Bonchev–Trinajstić information content (AvgIpc) is 2.34. The standard InChI is InChI=1S/C12H16N4O2/c1-16-7-8(2-3-11(16)17)15-12(18)9-6-14-5-4-10(9)13/h4-6,8H,2-3,7H2,1H3,(H2,13,14)(H,15,18). The maximum Gasteiger partial charge on any atom is 0.255 e. The van der Waals surface area contributed by atoms with E-state index in [9.17, 15) is 9.59 Å². The van der Waals surface area contributed by atoms with Gasteiger partial charge in [-0.15, -0.1) is 0 Å². The predicted octanol–water partition coefficient (Wildman–Crippen LogP) is 0.0144. The molecule has 2 amide bonds. The molecule has 0 aromatic carbocycles. The minimum absolute atomic E-state index is 0.0280. The Kier molecular flexibility index (Phi) is 3.45. The van der Waals surface area contributed by atoms with Gasteiger partial charge in [0.15, 0.2) is 0 Å². The number of carbonyl (C=O) groups excluding carboxylic acids is 2. The first-order valence-corrected chi connectivity index (χ1v) is 5.82. The second-order valence-electron chi connectivity index (χ2n) is 4.45. The smallest absolute Gasteiger partial charge is 0.255 e. The van der Waals surface area contributed by atoms with Crippen molar-refractivity contribution in [2.45, 2.75) is 18.9 Å². The lowest BCUT2D eigenvalue weighted by molar-refractivity contribution is -0.132. The summed E-state index contributed by atoms with van der Waals surface area (Å²) in [5, 5.41) is 2.87. The highest BCUT2D eigenvalue weighted by Crippen LogP contribution is 2.12. The molecule has 1 saturated heterocycles. The Morgan fingerprint density at radius 1 is 1.61 bits per heavy atom. The summed E-state index contributed by atoms with van der Waals surface area (Å²) in [6.07, 6.45) is 4.11. The van der Waals surface area contributed by atoms with Crippen LogP contribution in [-0.2, 0) is 4.79 Å².